The summed E-state index contributed by atoms with van der Waals surface area (Å²) in [5, 5.41) is 3.23. The summed E-state index contributed by atoms with van der Waals surface area (Å²) in [7, 11) is 0. The molecule has 1 aliphatic heterocycles. The predicted molar refractivity (Wildman–Crippen MR) is 69.0 cm³/mol. The van der Waals surface area contributed by atoms with Gasteiger partial charge < -0.3 is 10.2 Å². The van der Waals surface area contributed by atoms with E-state index in [-0.39, 0.29) is 5.56 Å². The van der Waals surface area contributed by atoms with Gasteiger partial charge in [-0.15, -0.1) is 0 Å². The predicted octanol–water partition coefficient (Wildman–Crippen LogP) is 2.18. The molecule has 1 amide bonds. The lowest BCUT2D eigenvalue weighted by Crippen LogP contribution is -2.37. The molecule has 104 valence electrons. The van der Waals surface area contributed by atoms with E-state index in [1.807, 2.05) is 0 Å². The summed E-state index contributed by atoms with van der Waals surface area (Å²) in [5.41, 5.74) is -0.181. The number of nitrogens with one attached hydrogen (secondary N) is 1. The zero-order valence-electron chi connectivity index (χ0n) is 10.8. The molecule has 1 aromatic carbocycles. The molecule has 19 heavy (non-hydrogen) atoms. The van der Waals surface area contributed by atoms with E-state index in [0.29, 0.717) is 19.6 Å². The van der Waals surface area contributed by atoms with Crippen LogP contribution in [0.2, 0.25) is 0 Å². The summed E-state index contributed by atoms with van der Waals surface area (Å²) in [6.45, 7) is 2.74. The van der Waals surface area contributed by atoms with E-state index in [2.05, 4.69) is 5.32 Å². The Morgan fingerprint density at radius 3 is 2.79 bits per heavy atom. The molecule has 3 nitrogen and oxygen atoms in total. The molecule has 0 radical (unpaired) electrons. The molecule has 1 saturated heterocycles. The molecule has 0 aromatic heterocycles. The van der Waals surface area contributed by atoms with Crippen molar-refractivity contribution in [2.75, 3.05) is 26.2 Å². The first-order valence-electron chi connectivity index (χ1n) is 6.64. The second kappa shape index (κ2) is 6.61. The van der Waals surface area contributed by atoms with Gasteiger partial charge in [-0.05, 0) is 31.5 Å². The average Bonchev–Trinajstić information content (AvgIpc) is 2.54. The van der Waals surface area contributed by atoms with Gasteiger partial charge in [-0.2, -0.15) is 0 Å². The molecule has 0 bridgehead atoms. The summed E-state index contributed by atoms with van der Waals surface area (Å²) in [4.78, 5) is 13.8. The number of carbonyl (C=O) groups excluding carboxylic acids is 1. The Balaban J connectivity index is 2.14. The number of hydrogen-bond acceptors (Lipinski definition) is 2. The number of amides is 1. The van der Waals surface area contributed by atoms with Crippen molar-refractivity contribution in [3.63, 3.8) is 0 Å². The first kappa shape index (κ1) is 13.9. The maximum atomic E-state index is 13.6. The Morgan fingerprint density at radius 2 is 1.95 bits per heavy atom. The van der Waals surface area contributed by atoms with E-state index in [0.717, 1.165) is 31.9 Å². The summed E-state index contributed by atoms with van der Waals surface area (Å²) >= 11 is 0. The molecule has 1 fully saturated rings. The van der Waals surface area contributed by atoms with Crippen molar-refractivity contribution in [2.24, 2.45) is 0 Å². The summed E-state index contributed by atoms with van der Waals surface area (Å²) in [6, 6.07) is 3.72. The van der Waals surface area contributed by atoms with E-state index in [1.165, 1.54) is 12.1 Å². The van der Waals surface area contributed by atoms with Crippen LogP contribution in [0.5, 0.6) is 0 Å². The normalized spacial score (nSPS) is 17.5. The molecule has 0 unspecified atom stereocenters. The minimum absolute atomic E-state index is 0.181. The van der Waals surface area contributed by atoms with E-state index < -0.39 is 17.5 Å². The number of nitrogens with zero attached hydrogens (tertiary/aromatic N) is 1. The van der Waals surface area contributed by atoms with Crippen LogP contribution < -0.4 is 5.32 Å². The van der Waals surface area contributed by atoms with Crippen molar-refractivity contribution in [1.82, 2.24) is 10.2 Å². The SMILES string of the molecule is O=C(c1cccc(F)c1F)N1CCCCCNCC1. The van der Waals surface area contributed by atoms with Crippen molar-refractivity contribution in [1.29, 1.82) is 0 Å². The van der Waals surface area contributed by atoms with Gasteiger partial charge >= 0.3 is 0 Å². The molecule has 2 rings (SSSR count). The van der Waals surface area contributed by atoms with Crippen LogP contribution >= 0.6 is 0 Å². The monoisotopic (exact) mass is 268 g/mol. The summed E-state index contributed by atoms with van der Waals surface area (Å²) in [5.74, 6) is -2.46. The maximum Gasteiger partial charge on any atom is 0.256 e. The van der Waals surface area contributed by atoms with Gasteiger partial charge in [0.15, 0.2) is 11.6 Å². The van der Waals surface area contributed by atoms with Crippen LogP contribution in [0.4, 0.5) is 8.78 Å². The van der Waals surface area contributed by atoms with Crippen LogP contribution in [-0.4, -0.2) is 37.0 Å². The highest BCUT2D eigenvalue weighted by Gasteiger charge is 2.21. The fourth-order valence-electron chi connectivity index (χ4n) is 2.22. The van der Waals surface area contributed by atoms with Gasteiger partial charge in [0.05, 0.1) is 5.56 Å². The first-order valence-corrected chi connectivity index (χ1v) is 6.64. The van der Waals surface area contributed by atoms with E-state index in [9.17, 15) is 13.6 Å². The molecule has 0 spiro atoms. The molecular weight excluding hydrogens is 250 g/mol. The van der Waals surface area contributed by atoms with E-state index in [1.54, 1.807) is 4.90 Å². The number of carbonyl (C=O) groups is 1. The minimum Gasteiger partial charge on any atom is -0.337 e. The van der Waals surface area contributed by atoms with Gasteiger partial charge in [0, 0.05) is 19.6 Å². The van der Waals surface area contributed by atoms with Crippen molar-refractivity contribution >= 4 is 5.91 Å². The van der Waals surface area contributed by atoms with E-state index in [4.69, 9.17) is 0 Å². The molecule has 1 N–H and O–H groups in total. The second-order valence-corrected chi connectivity index (χ2v) is 4.70. The highest BCUT2D eigenvalue weighted by molar-refractivity contribution is 5.94. The molecule has 0 aliphatic carbocycles. The maximum absolute atomic E-state index is 13.6. The summed E-state index contributed by atoms with van der Waals surface area (Å²) < 4.78 is 26.8. The fraction of sp³-hybridized carbons (Fsp3) is 0.500. The number of benzene rings is 1. The standard InChI is InChI=1S/C14H18F2N2O/c15-12-6-4-5-11(13(12)16)14(19)18-9-3-1-2-7-17-8-10-18/h4-6,17H,1-3,7-10H2. The molecule has 0 atom stereocenters. The van der Waals surface area contributed by atoms with Crippen LogP contribution in [0.25, 0.3) is 0 Å². The Bertz CT molecular complexity index is 441. The molecule has 0 saturated carbocycles. The topological polar surface area (TPSA) is 32.3 Å². The van der Waals surface area contributed by atoms with E-state index >= 15 is 0 Å². The number of rotatable bonds is 1. The van der Waals surface area contributed by atoms with Crippen molar-refractivity contribution in [2.45, 2.75) is 19.3 Å². The number of halogens is 2. The minimum atomic E-state index is -1.06. The van der Waals surface area contributed by atoms with Gasteiger partial charge in [-0.25, -0.2) is 8.78 Å². The summed E-state index contributed by atoms with van der Waals surface area (Å²) in [6.07, 6.45) is 3.00. The third-order valence-electron chi connectivity index (χ3n) is 3.31. The third-order valence-corrected chi connectivity index (χ3v) is 3.31. The Morgan fingerprint density at radius 1 is 1.11 bits per heavy atom. The van der Waals surface area contributed by atoms with Gasteiger partial charge in [0.2, 0.25) is 0 Å². The van der Waals surface area contributed by atoms with Crippen LogP contribution in [0, 0.1) is 11.6 Å². The second-order valence-electron chi connectivity index (χ2n) is 4.70. The van der Waals surface area contributed by atoms with Crippen LogP contribution in [-0.2, 0) is 0 Å². The Hall–Kier alpha value is -1.49. The van der Waals surface area contributed by atoms with Gasteiger partial charge in [0.25, 0.3) is 5.91 Å². The Kier molecular flexibility index (Phi) is 4.85. The zero-order chi connectivity index (χ0) is 13.7. The largest absolute Gasteiger partial charge is 0.337 e. The van der Waals surface area contributed by atoms with Crippen LogP contribution in [0.1, 0.15) is 29.6 Å². The molecule has 5 heteroatoms. The fourth-order valence-corrected chi connectivity index (χ4v) is 2.22. The average molecular weight is 268 g/mol. The third kappa shape index (κ3) is 3.50. The zero-order valence-corrected chi connectivity index (χ0v) is 10.8. The first-order chi connectivity index (χ1) is 9.20. The Labute approximate surface area is 111 Å². The molecule has 1 aromatic rings. The van der Waals surface area contributed by atoms with Gasteiger partial charge in [0.1, 0.15) is 0 Å². The molecule has 1 heterocycles. The molecule has 1 aliphatic rings. The lowest BCUT2D eigenvalue weighted by Gasteiger charge is -2.22. The van der Waals surface area contributed by atoms with Crippen molar-refractivity contribution < 1.29 is 13.6 Å². The lowest BCUT2D eigenvalue weighted by molar-refractivity contribution is 0.0751. The quantitative estimate of drug-likeness (QED) is 0.846. The number of hydrogen-bond donors (Lipinski definition) is 1. The van der Waals surface area contributed by atoms with Gasteiger partial charge in [-0.3, -0.25) is 4.79 Å². The smallest absolute Gasteiger partial charge is 0.256 e. The lowest BCUT2D eigenvalue weighted by atomic mass is 10.1. The highest BCUT2D eigenvalue weighted by atomic mass is 19.2. The van der Waals surface area contributed by atoms with Crippen LogP contribution in [0.3, 0.4) is 0 Å². The molecular formula is C14H18F2N2O. The van der Waals surface area contributed by atoms with Crippen molar-refractivity contribution in [3.8, 4) is 0 Å². The van der Waals surface area contributed by atoms with Crippen molar-refractivity contribution in [3.05, 3.63) is 35.4 Å². The van der Waals surface area contributed by atoms with Gasteiger partial charge in [-0.1, -0.05) is 12.5 Å². The highest BCUT2D eigenvalue weighted by Crippen LogP contribution is 2.14. The van der Waals surface area contributed by atoms with Crippen LogP contribution in [0.15, 0.2) is 18.2 Å².